The molecule has 0 heterocycles. The van der Waals surface area contributed by atoms with Crippen LogP contribution >= 0.6 is 23.2 Å². The first-order valence-corrected chi connectivity index (χ1v) is 9.78. The Labute approximate surface area is 165 Å². The van der Waals surface area contributed by atoms with Crippen molar-refractivity contribution in [3.63, 3.8) is 0 Å². The first-order valence-electron chi connectivity index (χ1n) is 7.58. The van der Waals surface area contributed by atoms with Crippen LogP contribution in [0.25, 0.3) is 5.57 Å². The summed E-state index contributed by atoms with van der Waals surface area (Å²) in [6.07, 6.45) is 4.15. The Morgan fingerprint density at radius 3 is 2.33 bits per heavy atom. The van der Waals surface area contributed by atoms with Gasteiger partial charge in [-0.1, -0.05) is 53.5 Å². The Morgan fingerprint density at radius 1 is 1.00 bits per heavy atom. The van der Waals surface area contributed by atoms with Crippen molar-refractivity contribution in [1.82, 2.24) is 0 Å². The Hall–Kier alpha value is -2.38. The van der Waals surface area contributed by atoms with E-state index >= 15 is 0 Å². The summed E-state index contributed by atoms with van der Waals surface area (Å²) in [6.45, 7) is 0. The van der Waals surface area contributed by atoms with Crippen molar-refractivity contribution >= 4 is 44.7 Å². The standard InChI is InChI=1S/C19H12Cl2O5S/c20-14-9-11(5-7-16(14)22)19(12-6-8-17(23)15(21)10-12)13-3-1-2-4-18(13)27(24,25)26/h1-10,22H,(H,24,25,26). The lowest BCUT2D eigenvalue weighted by molar-refractivity contribution is -0.110. The minimum atomic E-state index is -4.53. The van der Waals surface area contributed by atoms with Crippen molar-refractivity contribution in [2.24, 2.45) is 0 Å². The van der Waals surface area contributed by atoms with Crippen LogP contribution in [0.5, 0.6) is 5.75 Å². The van der Waals surface area contributed by atoms with Crippen molar-refractivity contribution in [3.8, 4) is 5.75 Å². The summed E-state index contributed by atoms with van der Waals surface area (Å²) < 4.78 is 33.4. The van der Waals surface area contributed by atoms with Crippen LogP contribution in [0.3, 0.4) is 0 Å². The summed E-state index contributed by atoms with van der Waals surface area (Å²) >= 11 is 12.0. The summed E-state index contributed by atoms with van der Waals surface area (Å²) in [4.78, 5) is 11.3. The highest BCUT2D eigenvalue weighted by Gasteiger charge is 2.22. The quantitative estimate of drug-likeness (QED) is 0.716. The largest absolute Gasteiger partial charge is 0.506 e. The average Bonchev–Trinajstić information content (AvgIpc) is 2.61. The van der Waals surface area contributed by atoms with Gasteiger partial charge in [0.15, 0.2) is 5.78 Å². The Kier molecular flexibility index (Phi) is 5.26. The third-order valence-corrected chi connectivity index (χ3v) is 5.40. The zero-order chi connectivity index (χ0) is 19.8. The molecule has 1 aliphatic carbocycles. The van der Waals surface area contributed by atoms with Gasteiger partial charge in [-0.3, -0.25) is 9.35 Å². The second-order valence-electron chi connectivity index (χ2n) is 5.66. The number of hydrogen-bond donors (Lipinski definition) is 2. The molecule has 1 aliphatic rings. The van der Waals surface area contributed by atoms with Crippen LogP contribution in [0.15, 0.2) is 76.2 Å². The molecule has 0 unspecified atom stereocenters. The van der Waals surface area contributed by atoms with Crippen molar-refractivity contribution in [3.05, 3.63) is 87.4 Å². The second-order valence-corrected chi connectivity index (χ2v) is 7.86. The van der Waals surface area contributed by atoms with Gasteiger partial charge in [0.25, 0.3) is 10.1 Å². The molecule has 0 saturated carbocycles. The van der Waals surface area contributed by atoms with Gasteiger partial charge in [0.05, 0.1) is 10.1 Å². The summed E-state index contributed by atoms with van der Waals surface area (Å²) in [5, 5.41) is 9.71. The second kappa shape index (κ2) is 7.32. The molecule has 0 saturated heterocycles. The molecule has 0 atom stereocenters. The third kappa shape index (κ3) is 3.99. The van der Waals surface area contributed by atoms with E-state index in [1.165, 1.54) is 54.6 Å². The minimum Gasteiger partial charge on any atom is -0.506 e. The first-order chi connectivity index (χ1) is 12.7. The summed E-state index contributed by atoms with van der Waals surface area (Å²) in [7, 11) is -4.53. The Balaban J connectivity index is 2.40. The van der Waals surface area contributed by atoms with E-state index in [2.05, 4.69) is 0 Å². The molecule has 27 heavy (non-hydrogen) atoms. The van der Waals surface area contributed by atoms with Crippen LogP contribution in [0.1, 0.15) is 11.1 Å². The van der Waals surface area contributed by atoms with Crippen molar-refractivity contribution < 1.29 is 22.9 Å². The predicted molar refractivity (Wildman–Crippen MR) is 103 cm³/mol. The number of rotatable bonds is 3. The van der Waals surface area contributed by atoms with Gasteiger partial charge in [-0.2, -0.15) is 8.42 Å². The smallest absolute Gasteiger partial charge is 0.295 e. The van der Waals surface area contributed by atoms with Crippen LogP contribution < -0.4 is 0 Å². The molecule has 0 amide bonds. The monoisotopic (exact) mass is 422 g/mol. The van der Waals surface area contributed by atoms with E-state index < -0.39 is 10.1 Å². The van der Waals surface area contributed by atoms with Gasteiger partial charge in [0.1, 0.15) is 10.6 Å². The van der Waals surface area contributed by atoms with E-state index in [0.29, 0.717) is 16.7 Å². The number of carbonyl (C=O) groups is 1. The lowest BCUT2D eigenvalue weighted by Gasteiger charge is -2.17. The van der Waals surface area contributed by atoms with Gasteiger partial charge < -0.3 is 5.11 Å². The highest BCUT2D eigenvalue weighted by Crippen LogP contribution is 2.37. The van der Waals surface area contributed by atoms with E-state index in [1.54, 1.807) is 6.07 Å². The third-order valence-electron chi connectivity index (χ3n) is 3.89. The number of phenolic OH excluding ortho intramolecular Hbond substituents is 1. The molecule has 2 aromatic carbocycles. The molecule has 0 bridgehead atoms. The zero-order valence-corrected chi connectivity index (χ0v) is 15.9. The van der Waals surface area contributed by atoms with E-state index in [9.17, 15) is 22.9 Å². The minimum absolute atomic E-state index is 0.0424. The van der Waals surface area contributed by atoms with Gasteiger partial charge in [-0.25, -0.2) is 0 Å². The molecule has 2 N–H and O–H groups in total. The number of allylic oxidation sites excluding steroid dienone is 5. The molecule has 5 nitrogen and oxygen atoms in total. The van der Waals surface area contributed by atoms with Gasteiger partial charge in [0, 0.05) is 5.56 Å². The molecule has 2 aromatic rings. The maximum Gasteiger partial charge on any atom is 0.295 e. The van der Waals surface area contributed by atoms with Crippen molar-refractivity contribution in [2.75, 3.05) is 0 Å². The number of ketones is 1. The van der Waals surface area contributed by atoms with Crippen LogP contribution in [-0.4, -0.2) is 23.9 Å². The topological polar surface area (TPSA) is 91.7 Å². The Bertz CT molecular complexity index is 1140. The van der Waals surface area contributed by atoms with Crippen molar-refractivity contribution in [1.29, 1.82) is 0 Å². The van der Waals surface area contributed by atoms with Crippen molar-refractivity contribution in [2.45, 2.75) is 4.90 Å². The maximum absolute atomic E-state index is 11.9. The van der Waals surface area contributed by atoms with Crippen LogP contribution in [0, 0.1) is 0 Å². The SMILES string of the molecule is O=C1C=CC(=C(c2ccc(O)c(Cl)c2)c2ccccc2S(=O)(=O)O)C=C1Cl. The number of carbonyl (C=O) groups excluding carboxylic acids is 1. The summed E-state index contributed by atoms with van der Waals surface area (Å²) in [6, 6.07) is 10.2. The number of hydrogen-bond acceptors (Lipinski definition) is 4. The van der Waals surface area contributed by atoms with Crippen LogP contribution in [-0.2, 0) is 14.9 Å². The van der Waals surface area contributed by atoms with Crippen LogP contribution in [0.2, 0.25) is 5.02 Å². The molecule has 0 radical (unpaired) electrons. The lowest BCUT2D eigenvalue weighted by atomic mass is 9.91. The molecule has 0 aromatic heterocycles. The van der Waals surface area contributed by atoms with E-state index in [1.807, 2.05) is 0 Å². The van der Waals surface area contributed by atoms with Gasteiger partial charge in [-0.15, -0.1) is 0 Å². The van der Waals surface area contributed by atoms with Gasteiger partial charge in [0.2, 0.25) is 0 Å². The fraction of sp³-hybridized carbons (Fsp3) is 0. The molecular weight excluding hydrogens is 411 g/mol. The average molecular weight is 423 g/mol. The predicted octanol–water partition coefficient (Wildman–Crippen LogP) is 4.36. The number of halogens is 2. The Morgan fingerprint density at radius 2 is 1.70 bits per heavy atom. The molecule has 8 heteroatoms. The first kappa shape index (κ1) is 19.4. The molecule has 138 valence electrons. The highest BCUT2D eigenvalue weighted by molar-refractivity contribution is 7.86. The highest BCUT2D eigenvalue weighted by atomic mass is 35.5. The van der Waals surface area contributed by atoms with Gasteiger partial charge >= 0.3 is 0 Å². The van der Waals surface area contributed by atoms with E-state index in [-0.39, 0.29) is 32.0 Å². The normalized spacial score (nSPS) is 16.3. The fourth-order valence-corrected chi connectivity index (χ4v) is 3.75. The molecular formula is C19H12Cl2O5S. The van der Waals surface area contributed by atoms with E-state index in [0.717, 1.165) is 0 Å². The number of benzene rings is 2. The summed E-state index contributed by atoms with van der Waals surface area (Å²) in [5.74, 6) is -0.526. The molecule has 0 aliphatic heterocycles. The number of phenols is 1. The number of aromatic hydroxyl groups is 1. The maximum atomic E-state index is 11.9. The molecule has 0 spiro atoms. The van der Waals surface area contributed by atoms with Crippen LogP contribution in [0.4, 0.5) is 0 Å². The molecule has 0 fully saturated rings. The molecule has 3 rings (SSSR count). The summed E-state index contributed by atoms with van der Waals surface area (Å²) in [5.41, 5.74) is 1.46. The van der Waals surface area contributed by atoms with Gasteiger partial charge in [-0.05, 0) is 47.1 Å². The fourth-order valence-electron chi connectivity index (χ4n) is 2.69. The van der Waals surface area contributed by atoms with E-state index in [4.69, 9.17) is 23.2 Å². The lowest BCUT2D eigenvalue weighted by Crippen LogP contribution is -2.06. The zero-order valence-electron chi connectivity index (χ0n) is 13.6.